The van der Waals surface area contributed by atoms with Gasteiger partial charge in [0.2, 0.25) is 5.91 Å². The van der Waals surface area contributed by atoms with Crippen LogP contribution in [0.2, 0.25) is 0 Å². The molecule has 1 amide bonds. The van der Waals surface area contributed by atoms with Gasteiger partial charge in [-0.15, -0.1) is 5.37 Å². The van der Waals surface area contributed by atoms with Crippen molar-refractivity contribution >= 4 is 54.8 Å². The number of ether oxygens (including phenoxy) is 1. The first kappa shape index (κ1) is 19.2. The molecule has 1 aliphatic rings. The second kappa shape index (κ2) is 8.31. The van der Waals surface area contributed by atoms with Crippen molar-refractivity contribution in [1.82, 2.24) is 5.32 Å². The van der Waals surface area contributed by atoms with Crippen molar-refractivity contribution in [1.29, 1.82) is 0 Å². The van der Waals surface area contributed by atoms with Crippen molar-refractivity contribution in [3.05, 3.63) is 35.4 Å². The highest BCUT2D eigenvalue weighted by Gasteiger charge is 2.07. The number of hydrogen-bond acceptors (Lipinski definition) is 5. The van der Waals surface area contributed by atoms with Crippen LogP contribution in [-0.2, 0) is 19.7 Å². The van der Waals surface area contributed by atoms with Gasteiger partial charge in [-0.05, 0) is 27.9 Å². The highest BCUT2D eigenvalue weighted by molar-refractivity contribution is 8.19. The first-order valence-electron chi connectivity index (χ1n) is 7.71. The number of aliphatic carboxylic acids is 1. The van der Waals surface area contributed by atoms with E-state index in [9.17, 15) is 9.59 Å². The number of carboxylic acid groups (broad SMARTS) is 1. The fourth-order valence-electron chi connectivity index (χ4n) is 2.19. The Morgan fingerprint density at radius 1 is 1.44 bits per heavy atom. The lowest BCUT2D eigenvalue weighted by Crippen LogP contribution is -2.21. The van der Waals surface area contributed by atoms with Crippen LogP contribution >= 0.6 is 12.2 Å². The maximum absolute atomic E-state index is 11.4. The molecule has 0 fully saturated rings. The van der Waals surface area contributed by atoms with Crippen molar-refractivity contribution in [3.63, 3.8) is 0 Å². The number of amides is 1. The smallest absolute Gasteiger partial charge is 0.341 e. The molecule has 1 aliphatic heterocycles. The predicted octanol–water partition coefficient (Wildman–Crippen LogP) is 2.31. The van der Waals surface area contributed by atoms with Crippen molar-refractivity contribution in [3.8, 4) is 5.75 Å². The number of carbonyl (C=O) groups excluding carboxylic acids is 1. The lowest BCUT2D eigenvalue weighted by Gasteiger charge is -2.13. The molecular formula is C18H20NO4S2-. The predicted molar refractivity (Wildman–Crippen MR) is 108 cm³/mol. The Kier molecular flexibility index (Phi) is 6.39. The number of carbonyl (C=O) groups is 2. The van der Waals surface area contributed by atoms with Crippen LogP contribution in [0, 0.1) is 0 Å². The number of benzene rings is 1. The Morgan fingerprint density at radius 3 is 2.72 bits per heavy atom. The largest absolute Gasteiger partial charge is 0.481 e. The molecular weight excluding hydrogens is 358 g/mol. The minimum absolute atomic E-state index is 0.173. The van der Waals surface area contributed by atoms with Gasteiger partial charge in [0.05, 0.1) is 0 Å². The van der Waals surface area contributed by atoms with Gasteiger partial charge in [-0.2, -0.15) is 4.86 Å². The molecule has 2 N–H and O–H groups in total. The van der Waals surface area contributed by atoms with Gasteiger partial charge in [0.25, 0.3) is 0 Å². The van der Waals surface area contributed by atoms with E-state index in [1.165, 1.54) is 0 Å². The fourth-order valence-corrected chi connectivity index (χ4v) is 4.12. The second-order valence-electron chi connectivity index (χ2n) is 5.81. The molecule has 25 heavy (non-hydrogen) atoms. The standard InChI is InChI=1S/C18H20NO4S2/c1-11(2)13-6-7-15(23-9-17(21)22)14(8-13)5-4-12(3)25-10-16(20)19-18(25)24/h4-8,10-11H,9H2,1-3H3,(H,21,22)(H,19,20,24)/q-1. The van der Waals surface area contributed by atoms with E-state index in [2.05, 4.69) is 19.2 Å². The Bertz CT molecular complexity index is 847. The topological polar surface area (TPSA) is 75.6 Å². The minimum Gasteiger partial charge on any atom is -0.481 e. The summed E-state index contributed by atoms with van der Waals surface area (Å²) in [6.07, 6.45) is 3.75. The minimum atomic E-state index is -1.03. The number of nitrogens with one attached hydrogen (secondary N) is 1. The van der Waals surface area contributed by atoms with E-state index in [0.717, 1.165) is 16.0 Å². The molecule has 0 spiro atoms. The number of rotatable bonds is 6. The molecule has 0 atom stereocenters. The summed E-state index contributed by atoms with van der Waals surface area (Å²) in [6.45, 7) is 5.68. The molecule has 0 unspecified atom stereocenters. The Hall–Kier alpha value is -2.12. The normalized spacial score (nSPS) is 17.6. The molecule has 1 heterocycles. The molecule has 1 aromatic rings. The first-order chi connectivity index (χ1) is 11.8. The van der Waals surface area contributed by atoms with Gasteiger partial charge in [-0.25, -0.2) is 4.79 Å². The van der Waals surface area contributed by atoms with Gasteiger partial charge in [-0.1, -0.05) is 51.2 Å². The van der Waals surface area contributed by atoms with Gasteiger partial charge in [0.1, 0.15) is 5.75 Å². The van der Waals surface area contributed by atoms with Crippen LogP contribution < -0.4 is 10.1 Å². The zero-order valence-electron chi connectivity index (χ0n) is 14.2. The molecule has 0 saturated heterocycles. The zero-order chi connectivity index (χ0) is 18.6. The third kappa shape index (κ3) is 5.17. The van der Waals surface area contributed by atoms with Crippen LogP contribution in [0.25, 0.3) is 6.08 Å². The quantitative estimate of drug-likeness (QED) is 0.451. The molecule has 0 aliphatic carbocycles. The molecule has 5 nitrogen and oxygen atoms in total. The zero-order valence-corrected chi connectivity index (χ0v) is 15.9. The first-order valence-corrected chi connectivity index (χ1v) is 9.40. The summed E-state index contributed by atoms with van der Waals surface area (Å²) in [5, 5.41) is 13.0. The lowest BCUT2D eigenvalue weighted by molar-refractivity contribution is -0.139. The van der Waals surface area contributed by atoms with Crippen molar-refractivity contribution in [2.45, 2.75) is 26.7 Å². The third-order valence-electron chi connectivity index (χ3n) is 3.55. The van der Waals surface area contributed by atoms with E-state index < -0.39 is 22.6 Å². The van der Waals surface area contributed by atoms with E-state index in [0.29, 0.717) is 16.0 Å². The SMILES string of the molecule is CC(C=Cc1cc(C(C)C)ccc1OCC(=O)O)=[S-]1=CC(=O)NC1=S. The number of hydrogen-bond donors (Lipinski definition) is 2. The van der Waals surface area contributed by atoms with Crippen LogP contribution in [0.5, 0.6) is 5.75 Å². The van der Waals surface area contributed by atoms with E-state index in [-0.39, 0.29) is 5.91 Å². The van der Waals surface area contributed by atoms with Gasteiger partial charge in [0.15, 0.2) is 6.61 Å². The Labute approximate surface area is 154 Å². The average Bonchev–Trinajstić information content (AvgIpc) is 2.89. The summed E-state index contributed by atoms with van der Waals surface area (Å²) in [7, 11) is -0.512. The summed E-state index contributed by atoms with van der Waals surface area (Å²) in [6, 6.07) is 5.70. The van der Waals surface area contributed by atoms with Crippen LogP contribution in [0.3, 0.4) is 0 Å². The highest BCUT2D eigenvalue weighted by Crippen LogP contribution is 2.25. The summed E-state index contributed by atoms with van der Waals surface area (Å²) in [5.74, 6) is -0.354. The van der Waals surface area contributed by atoms with E-state index in [1.54, 1.807) is 11.4 Å². The molecule has 7 heteroatoms. The summed E-state index contributed by atoms with van der Waals surface area (Å²) in [5.41, 5.74) is 1.92. The molecule has 0 saturated carbocycles. The third-order valence-corrected chi connectivity index (χ3v) is 5.97. The maximum Gasteiger partial charge on any atom is 0.341 e. The van der Waals surface area contributed by atoms with Gasteiger partial charge < -0.3 is 25.2 Å². The monoisotopic (exact) mass is 378 g/mol. The van der Waals surface area contributed by atoms with Crippen molar-refractivity contribution in [2.75, 3.05) is 6.61 Å². The lowest BCUT2D eigenvalue weighted by atomic mass is 10.00. The van der Waals surface area contributed by atoms with Crippen molar-refractivity contribution in [2.24, 2.45) is 0 Å². The van der Waals surface area contributed by atoms with E-state index in [4.69, 9.17) is 22.1 Å². The number of allylic oxidation sites excluding steroid dienone is 1. The van der Waals surface area contributed by atoms with E-state index >= 15 is 0 Å². The molecule has 2 rings (SSSR count). The second-order valence-corrected chi connectivity index (χ2v) is 8.44. The van der Waals surface area contributed by atoms with Gasteiger partial charge in [0, 0.05) is 5.56 Å². The number of carboxylic acids is 1. The van der Waals surface area contributed by atoms with Crippen LogP contribution in [0.15, 0.2) is 24.3 Å². The molecule has 134 valence electrons. The Morgan fingerprint density at radius 2 is 2.16 bits per heavy atom. The summed E-state index contributed by atoms with van der Waals surface area (Å²) in [4.78, 5) is 23.1. The maximum atomic E-state index is 11.4. The van der Waals surface area contributed by atoms with Gasteiger partial charge >= 0.3 is 5.97 Å². The fraction of sp³-hybridized carbons (Fsp3) is 0.278. The molecule has 1 aromatic carbocycles. The summed E-state index contributed by atoms with van der Waals surface area (Å²) >= 11 is 5.18. The highest BCUT2D eigenvalue weighted by atomic mass is 32.2. The van der Waals surface area contributed by atoms with Crippen LogP contribution in [0.4, 0.5) is 0 Å². The summed E-state index contributed by atoms with van der Waals surface area (Å²) < 4.78 is 5.89. The van der Waals surface area contributed by atoms with E-state index in [1.807, 2.05) is 31.2 Å². The van der Waals surface area contributed by atoms with Crippen molar-refractivity contribution < 1.29 is 19.4 Å². The molecule has 0 aromatic heterocycles. The number of thiocarbonyl (C=S) groups is 1. The Balaban J connectivity index is 2.38. The van der Waals surface area contributed by atoms with Gasteiger partial charge in [-0.3, -0.25) is 4.79 Å². The average molecular weight is 378 g/mol. The molecule has 0 bridgehead atoms. The van der Waals surface area contributed by atoms with Crippen LogP contribution in [0.1, 0.15) is 37.8 Å². The van der Waals surface area contributed by atoms with Crippen LogP contribution in [-0.4, -0.2) is 38.1 Å². The molecule has 0 radical (unpaired) electrons.